The van der Waals surface area contributed by atoms with Gasteiger partial charge in [-0.25, -0.2) is 4.98 Å². The first-order chi connectivity index (χ1) is 11.7. The summed E-state index contributed by atoms with van der Waals surface area (Å²) in [4.78, 5) is 17.0. The number of pyridine rings is 1. The summed E-state index contributed by atoms with van der Waals surface area (Å²) < 4.78 is 2.09. The Bertz CT molecular complexity index is 824. The van der Waals surface area contributed by atoms with Crippen LogP contribution in [-0.2, 0) is 13.6 Å². The van der Waals surface area contributed by atoms with E-state index in [1.165, 1.54) is 23.3 Å². The Hall–Kier alpha value is -2.05. The van der Waals surface area contributed by atoms with Crippen LogP contribution in [0.1, 0.15) is 35.1 Å². The molecule has 5 nitrogen and oxygen atoms in total. The van der Waals surface area contributed by atoms with Crippen molar-refractivity contribution >= 4 is 11.3 Å². The molecule has 0 saturated carbocycles. The number of likely N-dealkylation sites (tertiary alicyclic amines) is 1. The smallest absolute Gasteiger partial charge is 0.105 e. The number of thiazole rings is 1. The average Bonchev–Trinajstić information content (AvgIpc) is 3.32. The molecule has 124 valence electrons. The standard InChI is InChI=1S/C18H21N5S/c1-13-21-10-18(22(13)2)16-8-14(5-6-20-16)17-4-3-7-23(17)11-15-9-19-12-24-15/h5-6,8-10,12,17H,3-4,7,11H2,1-2H3/t17-/m0/s1. The van der Waals surface area contributed by atoms with Crippen molar-refractivity contribution in [3.63, 3.8) is 0 Å². The monoisotopic (exact) mass is 339 g/mol. The average molecular weight is 339 g/mol. The Morgan fingerprint density at radius 2 is 2.21 bits per heavy atom. The summed E-state index contributed by atoms with van der Waals surface area (Å²) in [6.07, 6.45) is 8.26. The number of aromatic nitrogens is 4. The van der Waals surface area contributed by atoms with Gasteiger partial charge in [0.15, 0.2) is 0 Å². The van der Waals surface area contributed by atoms with Gasteiger partial charge in [0.2, 0.25) is 0 Å². The lowest BCUT2D eigenvalue weighted by Crippen LogP contribution is -2.22. The van der Waals surface area contributed by atoms with Crippen molar-refractivity contribution in [1.82, 2.24) is 24.4 Å². The maximum Gasteiger partial charge on any atom is 0.105 e. The van der Waals surface area contributed by atoms with Crippen molar-refractivity contribution in [1.29, 1.82) is 0 Å². The molecule has 24 heavy (non-hydrogen) atoms. The molecule has 1 fully saturated rings. The van der Waals surface area contributed by atoms with E-state index in [1.54, 1.807) is 11.3 Å². The SMILES string of the molecule is Cc1ncc(-c2cc([C@@H]3CCCN3Cc3cncs3)ccn2)n1C. The highest BCUT2D eigenvalue weighted by atomic mass is 32.1. The lowest BCUT2D eigenvalue weighted by atomic mass is 10.0. The molecule has 4 rings (SSSR count). The van der Waals surface area contributed by atoms with Crippen LogP contribution in [-0.4, -0.2) is 31.0 Å². The lowest BCUT2D eigenvalue weighted by molar-refractivity contribution is 0.250. The van der Waals surface area contributed by atoms with Crippen LogP contribution in [0.2, 0.25) is 0 Å². The van der Waals surface area contributed by atoms with E-state index in [0.717, 1.165) is 30.3 Å². The van der Waals surface area contributed by atoms with Crippen molar-refractivity contribution in [3.8, 4) is 11.4 Å². The Kier molecular flexibility index (Phi) is 4.16. The molecule has 0 N–H and O–H groups in total. The van der Waals surface area contributed by atoms with Crippen molar-refractivity contribution in [2.45, 2.75) is 32.4 Å². The second-order valence-corrected chi connectivity index (χ2v) is 7.29. The van der Waals surface area contributed by atoms with E-state index in [9.17, 15) is 0 Å². The summed E-state index contributed by atoms with van der Waals surface area (Å²) in [5.74, 6) is 1.00. The Morgan fingerprint density at radius 1 is 1.29 bits per heavy atom. The van der Waals surface area contributed by atoms with E-state index in [1.807, 2.05) is 38.1 Å². The normalized spacial score (nSPS) is 18.3. The van der Waals surface area contributed by atoms with Gasteiger partial charge in [-0.05, 0) is 44.0 Å². The molecule has 3 aromatic heterocycles. The summed E-state index contributed by atoms with van der Waals surface area (Å²) in [5, 5.41) is 0. The van der Waals surface area contributed by atoms with E-state index in [-0.39, 0.29) is 0 Å². The van der Waals surface area contributed by atoms with Gasteiger partial charge in [-0.1, -0.05) is 0 Å². The summed E-state index contributed by atoms with van der Waals surface area (Å²) >= 11 is 1.74. The summed E-state index contributed by atoms with van der Waals surface area (Å²) in [7, 11) is 2.04. The quantitative estimate of drug-likeness (QED) is 0.729. The van der Waals surface area contributed by atoms with Gasteiger partial charge in [0.25, 0.3) is 0 Å². The van der Waals surface area contributed by atoms with Gasteiger partial charge in [-0.15, -0.1) is 11.3 Å². The third-order valence-electron chi connectivity index (χ3n) is 4.86. The maximum atomic E-state index is 4.57. The molecule has 0 unspecified atom stereocenters. The molecule has 1 saturated heterocycles. The fourth-order valence-corrected chi connectivity index (χ4v) is 4.07. The molecule has 0 radical (unpaired) electrons. The number of imidazole rings is 1. The van der Waals surface area contributed by atoms with Gasteiger partial charge in [0.1, 0.15) is 5.82 Å². The van der Waals surface area contributed by atoms with Crippen LogP contribution in [0.15, 0.2) is 36.2 Å². The molecular formula is C18H21N5S. The second-order valence-electron chi connectivity index (χ2n) is 6.32. The lowest BCUT2D eigenvalue weighted by Gasteiger charge is -2.24. The number of hydrogen-bond acceptors (Lipinski definition) is 5. The molecule has 0 spiro atoms. The zero-order chi connectivity index (χ0) is 16.5. The molecule has 4 heterocycles. The molecule has 0 amide bonds. The van der Waals surface area contributed by atoms with Crippen LogP contribution >= 0.6 is 11.3 Å². The first kappa shape index (κ1) is 15.5. The topological polar surface area (TPSA) is 46.8 Å². The summed E-state index contributed by atoms with van der Waals surface area (Å²) in [6, 6.07) is 4.84. The van der Waals surface area contributed by atoms with Crippen molar-refractivity contribution in [2.75, 3.05) is 6.54 Å². The molecule has 1 aliphatic rings. The van der Waals surface area contributed by atoms with Crippen LogP contribution in [0.5, 0.6) is 0 Å². The van der Waals surface area contributed by atoms with E-state index >= 15 is 0 Å². The highest BCUT2D eigenvalue weighted by Gasteiger charge is 2.26. The predicted octanol–water partition coefficient (Wildman–Crippen LogP) is 3.58. The number of hydrogen-bond donors (Lipinski definition) is 0. The zero-order valence-electron chi connectivity index (χ0n) is 14.0. The van der Waals surface area contributed by atoms with Crippen LogP contribution in [0.4, 0.5) is 0 Å². The van der Waals surface area contributed by atoms with Crippen LogP contribution in [0.3, 0.4) is 0 Å². The number of nitrogens with zero attached hydrogens (tertiary/aromatic N) is 5. The minimum absolute atomic E-state index is 0.461. The van der Waals surface area contributed by atoms with Gasteiger partial charge in [-0.2, -0.15) is 0 Å². The van der Waals surface area contributed by atoms with Gasteiger partial charge < -0.3 is 4.57 Å². The van der Waals surface area contributed by atoms with E-state index < -0.39 is 0 Å². The highest BCUT2D eigenvalue weighted by Crippen LogP contribution is 2.34. The van der Waals surface area contributed by atoms with Gasteiger partial charge in [0, 0.05) is 36.9 Å². The molecular weight excluding hydrogens is 318 g/mol. The van der Waals surface area contributed by atoms with Crippen LogP contribution < -0.4 is 0 Å². The van der Waals surface area contributed by atoms with E-state index in [2.05, 4.69) is 36.6 Å². The Morgan fingerprint density at radius 3 is 2.96 bits per heavy atom. The molecule has 6 heteroatoms. The molecule has 3 aromatic rings. The zero-order valence-corrected chi connectivity index (χ0v) is 14.8. The van der Waals surface area contributed by atoms with Crippen molar-refractivity contribution in [3.05, 3.63) is 52.5 Å². The van der Waals surface area contributed by atoms with Crippen LogP contribution in [0.25, 0.3) is 11.4 Å². The second kappa shape index (κ2) is 6.45. The van der Waals surface area contributed by atoms with E-state index in [0.29, 0.717) is 6.04 Å². The Balaban J connectivity index is 1.61. The number of rotatable bonds is 4. The molecule has 1 aliphatic heterocycles. The predicted molar refractivity (Wildman–Crippen MR) is 95.7 cm³/mol. The first-order valence-corrected chi connectivity index (χ1v) is 9.16. The van der Waals surface area contributed by atoms with E-state index in [4.69, 9.17) is 0 Å². The largest absolute Gasteiger partial charge is 0.330 e. The van der Waals surface area contributed by atoms with Crippen LogP contribution in [0, 0.1) is 6.92 Å². The fraction of sp³-hybridized carbons (Fsp3) is 0.389. The van der Waals surface area contributed by atoms with Gasteiger partial charge >= 0.3 is 0 Å². The summed E-state index contributed by atoms with van der Waals surface area (Å²) in [6.45, 7) is 4.14. The minimum atomic E-state index is 0.461. The first-order valence-electron chi connectivity index (χ1n) is 8.28. The fourth-order valence-electron chi connectivity index (χ4n) is 3.45. The van der Waals surface area contributed by atoms with Crippen molar-refractivity contribution in [2.24, 2.45) is 7.05 Å². The molecule has 0 bridgehead atoms. The maximum absolute atomic E-state index is 4.57. The third-order valence-corrected chi connectivity index (χ3v) is 5.62. The Labute approximate surface area is 146 Å². The molecule has 0 aromatic carbocycles. The minimum Gasteiger partial charge on any atom is -0.330 e. The van der Waals surface area contributed by atoms with Gasteiger partial charge in [0.05, 0.1) is 23.1 Å². The third kappa shape index (κ3) is 2.87. The van der Waals surface area contributed by atoms with Crippen molar-refractivity contribution < 1.29 is 0 Å². The molecule has 1 atom stereocenters. The molecule has 0 aliphatic carbocycles. The summed E-state index contributed by atoms with van der Waals surface area (Å²) in [5.41, 5.74) is 5.33. The number of aryl methyl sites for hydroxylation is 1. The highest BCUT2D eigenvalue weighted by molar-refractivity contribution is 7.09. The van der Waals surface area contributed by atoms with Gasteiger partial charge in [-0.3, -0.25) is 14.9 Å².